The van der Waals surface area contributed by atoms with E-state index >= 15 is 0 Å². The first-order chi connectivity index (χ1) is 10.9. The minimum Gasteiger partial charge on any atom is -0.329 e. The molecule has 0 unspecified atom stereocenters. The Kier molecular flexibility index (Phi) is 4.12. The van der Waals surface area contributed by atoms with E-state index in [1.807, 2.05) is 37.3 Å². The highest BCUT2D eigenvalue weighted by Gasteiger charge is 2.38. The van der Waals surface area contributed by atoms with Gasteiger partial charge >= 0.3 is 12.1 Å². The van der Waals surface area contributed by atoms with Crippen molar-refractivity contribution in [3.8, 4) is 11.4 Å². The molecule has 3 aromatic rings. The summed E-state index contributed by atoms with van der Waals surface area (Å²) in [5.41, 5.74) is 1.61. The molecule has 23 heavy (non-hydrogen) atoms. The Hall–Kier alpha value is -2.28. The van der Waals surface area contributed by atoms with E-state index in [1.54, 1.807) is 18.2 Å². The number of nitrogens with zero attached hydrogens (tertiary/aromatic N) is 2. The van der Waals surface area contributed by atoms with Gasteiger partial charge in [-0.15, -0.1) is 0 Å². The third-order valence-electron chi connectivity index (χ3n) is 2.99. The topological polar surface area (TPSA) is 38.9 Å². The lowest BCUT2D eigenvalue weighted by Crippen LogP contribution is -2.04. The lowest BCUT2D eigenvalue weighted by Gasteiger charge is -2.04. The number of halogens is 3. The van der Waals surface area contributed by atoms with Gasteiger partial charge in [-0.2, -0.15) is 18.2 Å². The molecule has 0 radical (unpaired) electrons. The minimum atomic E-state index is -4.64. The van der Waals surface area contributed by atoms with Gasteiger partial charge in [0.15, 0.2) is 0 Å². The van der Waals surface area contributed by atoms with E-state index in [1.165, 1.54) is 11.8 Å². The summed E-state index contributed by atoms with van der Waals surface area (Å²) < 4.78 is 41.8. The number of alkyl halides is 3. The predicted octanol–water partition coefficient (Wildman–Crippen LogP) is 5.22. The van der Waals surface area contributed by atoms with Crippen molar-refractivity contribution < 1.29 is 17.7 Å². The molecular weight excluding hydrogens is 325 g/mol. The summed E-state index contributed by atoms with van der Waals surface area (Å²) in [5.74, 6) is -1.42. The lowest BCUT2D eigenvalue weighted by molar-refractivity contribution is -0.159. The van der Waals surface area contributed by atoms with E-state index in [2.05, 4.69) is 14.7 Å². The third kappa shape index (κ3) is 3.73. The Morgan fingerprint density at radius 1 is 1.00 bits per heavy atom. The second-order valence-corrected chi connectivity index (χ2v) is 6.01. The standard InChI is InChI=1S/C16H11F3N2OS/c1-10-4-2-6-12(8-10)23-13-7-3-5-11(9-13)14-20-15(22-21-14)16(17,18)19/h2-9H,1H3. The maximum absolute atomic E-state index is 12.5. The molecule has 2 aromatic carbocycles. The van der Waals surface area contributed by atoms with Crippen LogP contribution in [0.15, 0.2) is 62.8 Å². The molecule has 0 spiro atoms. The van der Waals surface area contributed by atoms with Gasteiger partial charge < -0.3 is 4.52 Å². The number of hydrogen-bond acceptors (Lipinski definition) is 4. The lowest BCUT2D eigenvalue weighted by atomic mass is 10.2. The molecule has 0 saturated heterocycles. The Morgan fingerprint density at radius 3 is 2.35 bits per heavy atom. The Morgan fingerprint density at radius 2 is 1.70 bits per heavy atom. The molecule has 7 heteroatoms. The summed E-state index contributed by atoms with van der Waals surface area (Å²) in [6.07, 6.45) is -4.64. The number of hydrogen-bond donors (Lipinski definition) is 0. The molecule has 0 aliphatic rings. The van der Waals surface area contributed by atoms with E-state index in [0.717, 1.165) is 15.4 Å². The van der Waals surface area contributed by atoms with Gasteiger partial charge in [0.25, 0.3) is 0 Å². The molecule has 0 fully saturated rings. The first-order valence-corrected chi connectivity index (χ1v) is 7.49. The number of aromatic nitrogens is 2. The molecule has 118 valence electrons. The Bertz CT molecular complexity index is 830. The summed E-state index contributed by atoms with van der Waals surface area (Å²) >= 11 is 1.51. The van der Waals surface area contributed by atoms with Crippen LogP contribution in [0, 0.1) is 6.92 Å². The highest BCUT2D eigenvalue weighted by molar-refractivity contribution is 7.99. The van der Waals surface area contributed by atoms with Crippen molar-refractivity contribution in [1.29, 1.82) is 0 Å². The fourth-order valence-electron chi connectivity index (χ4n) is 1.97. The maximum atomic E-state index is 12.5. The van der Waals surface area contributed by atoms with Crippen LogP contribution in [0.5, 0.6) is 0 Å². The van der Waals surface area contributed by atoms with Crippen LogP contribution in [0.2, 0.25) is 0 Å². The zero-order chi connectivity index (χ0) is 16.4. The number of rotatable bonds is 3. The van der Waals surface area contributed by atoms with Crippen LogP contribution in [-0.4, -0.2) is 10.1 Å². The molecule has 0 aliphatic heterocycles. The SMILES string of the molecule is Cc1cccc(Sc2cccc(-c3noc(C(F)(F)F)n3)c2)c1. The summed E-state index contributed by atoms with van der Waals surface area (Å²) in [5, 5.41) is 3.40. The first-order valence-electron chi connectivity index (χ1n) is 6.68. The Labute approximate surface area is 134 Å². The maximum Gasteiger partial charge on any atom is 0.471 e. The molecule has 0 atom stereocenters. The first kappa shape index (κ1) is 15.6. The van der Waals surface area contributed by atoms with Gasteiger partial charge in [0.2, 0.25) is 5.82 Å². The van der Waals surface area contributed by atoms with Crippen molar-refractivity contribution in [2.45, 2.75) is 22.9 Å². The molecule has 0 saturated carbocycles. The molecule has 3 rings (SSSR count). The van der Waals surface area contributed by atoms with Gasteiger partial charge in [-0.05, 0) is 31.2 Å². The van der Waals surface area contributed by atoms with Gasteiger partial charge in [0.1, 0.15) is 0 Å². The van der Waals surface area contributed by atoms with Gasteiger partial charge in [0.05, 0.1) is 0 Å². The largest absolute Gasteiger partial charge is 0.471 e. The monoisotopic (exact) mass is 336 g/mol. The summed E-state index contributed by atoms with van der Waals surface area (Å²) in [6, 6.07) is 15.0. The van der Waals surface area contributed by atoms with Crippen LogP contribution in [-0.2, 0) is 6.18 Å². The normalized spacial score (nSPS) is 11.7. The van der Waals surface area contributed by atoms with Crippen LogP contribution in [0.3, 0.4) is 0 Å². The van der Waals surface area contributed by atoms with Crippen molar-refractivity contribution in [2.24, 2.45) is 0 Å². The van der Waals surface area contributed by atoms with Crippen LogP contribution in [0.1, 0.15) is 11.5 Å². The number of aryl methyl sites for hydroxylation is 1. The Balaban J connectivity index is 1.86. The molecule has 3 nitrogen and oxygen atoms in total. The van der Waals surface area contributed by atoms with Crippen LogP contribution < -0.4 is 0 Å². The molecular formula is C16H11F3N2OS. The molecule has 0 N–H and O–H groups in total. The summed E-state index contributed by atoms with van der Waals surface area (Å²) in [7, 11) is 0. The molecule has 1 aromatic heterocycles. The third-order valence-corrected chi connectivity index (χ3v) is 3.97. The smallest absolute Gasteiger partial charge is 0.329 e. The van der Waals surface area contributed by atoms with Crippen LogP contribution in [0.4, 0.5) is 13.2 Å². The van der Waals surface area contributed by atoms with Crippen molar-refractivity contribution in [1.82, 2.24) is 10.1 Å². The van der Waals surface area contributed by atoms with E-state index in [9.17, 15) is 13.2 Å². The predicted molar refractivity (Wildman–Crippen MR) is 80.0 cm³/mol. The van der Waals surface area contributed by atoms with Gasteiger partial charge in [0, 0.05) is 15.4 Å². The van der Waals surface area contributed by atoms with E-state index in [0.29, 0.717) is 5.56 Å². The zero-order valence-corrected chi connectivity index (χ0v) is 12.8. The van der Waals surface area contributed by atoms with Crippen molar-refractivity contribution >= 4 is 11.8 Å². The second-order valence-electron chi connectivity index (χ2n) is 4.87. The molecule has 0 aliphatic carbocycles. The van der Waals surface area contributed by atoms with E-state index < -0.39 is 12.1 Å². The molecule has 0 bridgehead atoms. The number of benzene rings is 2. The second kappa shape index (κ2) is 6.08. The minimum absolute atomic E-state index is 0.0796. The average Bonchev–Trinajstić information content (AvgIpc) is 2.97. The molecule has 1 heterocycles. The van der Waals surface area contributed by atoms with Crippen LogP contribution >= 0.6 is 11.8 Å². The van der Waals surface area contributed by atoms with E-state index in [-0.39, 0.29) is 5.82 Å². The molecule has 0 amide bonds. The highest BCUT2D eigenvalue weighted by atomic mass is 32.2. The van der Waals surface area contributed by atoms with Crippen molar-refractivity contribution in [3.05, 3.63) is 60.0 Å². The van der Waals surface area contributed by atoms with Gasteiger partial charge in [-0.1, -0.05) is 46.7 Å². The van der Waals surface area contributed by atoms with Crippen molar-refractivity contribution in [3.63, 3.8) is 0 Å². The quantitative estimate of drug-likeness (QED) is 0.658. The fourth-order valence-corrected chi connectivity index (χ4v) is 2.97. The van der Waals surface area contributed by atoms with Crippen LogP contribution in [0.25, 0.3) is 11.4 Å². The summed E-state index contributed by atoms with van der Waals surface area (Å²) in [6.45, 7) is 2.00. The van der Waals surface area contributed by atoms with Gasteiger partial charge in [-0.25, -0.2) is 0 Å². The summed E-state index contributed by atoms with van der Waals surface area (Å²) in [4.78, 5) is 5.33. The van der Waals surface area contributed by atoms with E-state index in [4.69, 9.17) is 0 Å². The average molecular weight is 336 g/mol. The zero-order valence-electron chi connectivity index (χ0n) is 12.0. The van der Waals surface area contributed by atoms with Crippen molar-refractivity contribution in [2.75, 3.05) is 0 Å². The van der Waals surface area contributed by atoms with Gasteiger partial charge in [-0.3, -0.25) is 0 Å². The fraction of sp³-hybridized carbons (Fsp3) is 0.125. The highest BCUT2D eigenvalue weighted by Crippen LogP contribution is 2.32.